The summed E-state index contributed by atoms with van der Waals surface area (Å²) in [6.45, 7) is 0. The highest BCUT2D eigenvalue weighted by atomic mass is 14.3. The number of fused-ring (bicyclic) bond motifs is 8. The van der Waals surface area contributed by atoms with E-state index in [9.17, 15) is 0 Å². The Morgan fingerprint density at radius 2 is 0.881 bits per heavy atom. The molecule has 0 saturated carbocycles. The molecule has 0 heteroatoms. The van der Waals surface area contributed by atoms with Gasteiger partial charge in [0.2, 0.25) is 0 Å². The van der Waals surface area contributed by atoms with Crippen molar-refractivity contribution in [2.75, 3.05) is 0 Å². The van der Waals surface area contributed by atoms with Gasteiger partial charge < -0.3 is 0 Å². The quantitative estimate of drug-likeness (QED) is 0.193. The Balaban J connectivity index is 1.31. The molecule has 0 atom stereocenters. The van der Waals surface area contributed by atoms with Crippen LogP contribution in [0.2, 0.25) is 0 Å². The number of rotatable bonds is 1. The second-order valence-corrected chi connectivity index (χ2v) is 12.4. The van der Waals surface area contributed by atoms with Crippen LogP contribution in [-0.4, -0.2) is 0 Å². The molecular formula is C42H38. The van der Waals surface area contributed by atoms with Gasteiger partial charge in [-0.15, -0.1) is 0 Å². The van der Waals surface area contributed by atoms with E-state index in [0.29, 0.717) is 0 Å². The maximum absolute atomic E-state index is 2.47. The average Bonchev–Trinajstić information content (AvgIpc) is 3.37. The lowest BCUT2D eigenvalue weighted by molar-refractivity contribution is 0.676. The van der Waals surface area contributed by atoms with Crippen LogP contribution in [0.25, 0.3) is 54.9 Å². The molecule has 0 radical (unpaired) electrons. The standard InChI is InChI=1S/C42H38/c1-4-14-29-16-12-17-30(28-29)15-5-2-9-23-37-34-21-11-10-20-33(34)36(22-8-1)41-38-25-13-24-35-32(31-18-6-3-7-19-31)26-27-39(40(35)38)42(37)41/h3,6-7,10-13,16-21,24-28H,1-2,4-5,8-9,14-15,22-23H2. The third-order valence-electron chi connectivity index (χ3n) is 9.87. The van der Waals surface area contributed by atoms with E-state index in [1.807, 2.05) is 0 Å². The fraction of sp³-hybridized carbons (Fsp3) is 0.238. The first-order chi connectivity index (χ1) is 20.9. The fourth-order valence-corrected chi connectivity index (χ4v) is 7.94. The summed E-state index contributed by atoms with van der Waals surface area (Å²) in [6.07, 6.45) is 12.2. The number of hydrogen-bond donors (Lipinski definition) is 0. The van der Waals surface area contributed by atoms with Crippen molar-refractivity contribution in [3.63, 3.8) is 0 Å². The van der Waals surface area contributed by atoms with Gasteiger partial charge in [0.05, 0.1) is 0 Å². The Morgan fingerprint density at radius 1 is 0.357 bits per heavy atom. The van der Waals surface area contributed by atoms with Crippen LogP contribution in [0.3, 0.4) is 0 Å². The molecule has 0 N–H and O–H groups in total. The Labute approximate surface area is 250 Å². The van der Waals surface area contributed by atoms with Gasteiger partial charge >= 0.3 is 0 Å². The van der Waals surface area contributed by atoms with Crippen molar-refractivity contribution in [2.45, 2.75) is 64.2 Å². The minimum absolute atomic E-state index is 1.14. The van der Waals surface area contributed by atoms with E-state index in [4.69, 9.17) is 0 Å². The zero-order chi connectivity index (χ0) is 27.9. The van der Waals surface area contributed by atoms with Gasteiger partial charge in [-0.3, -0.25) is 0 Å². The smallest absolute Gasteiger partial charge is 0.00199 e. The molecular weight excluding hydrogens is 504 g/mol. The van der Waals surface area contributed by atoms with Crippen LogP contribution >= 0.6 is 0 Å². The van der Waals surface area contributed by atoms with Crippen molar-refractivity contribution < 1.29 is 0 Å². The van der Waals surface area contributed by atoms with Crippen molar-refractivity contribution in [1.29, 1.82) is 0 Å². The van der Waals surface area contributed by atoms with Crippen molar-refractivity contribution in [3.05, 3.63) is 131 Å². The largest absolute Gasteiger partial charge is 0.0622 e. The van der Waals surface area contributed by atoms with Crippen LogP contribution in [0.4, 0.5) is 0 Å². The van der Waals surface area contributed by atoms with Crippen molar-refractivity contribution in [2.24, 2.45) is 0 Å². The zero-order valence-electron chi connectivity index (χ0n) is 24.5. The molecule has 0 aromatic heterocycles. The highest BCUT2D eigenvalue weighted by Crippen LogP contribution is 2.54. The van der Waals surface area contributed by atoms with E-state index in [1.54, 1.807) is 11.1 Å². The van der Waals surface area contributed by atoms with E-state index in [-0.39, 0.29) is 0 Å². The van der Waals surface area contributed by atoms with E-state index in [1.165, 1.54) is 117 Å². The molecule has 0 saturated heterocycles. The first-order valence-corrected chi connectivity index (χ1v) is 16.1. The van der Waals surface area contributed by atoms with Gasteiger partial charge in [-0.1, -0.05) is 122 Å². The van der Waals surface area contributed by atoms with Crippen LogP contribution in [0.5, 0.6) is 0 Å². The van der Waals surface area contributed by atoms with E-state index in [2.05, 4.69) is 109 Å². The minimum atomic E-state index is 1.14. The van der Waals surface area contributed by atoms with Crippen molar-refractivity contribution in [1.82, 2.24) is 0 Å². The van der Waals surface area contributed by atoms with E-state index < -0.39 is 0 Å². The van der Waals surface area contributed by atoms with Crippen LogP contribution in [0.1, 0.15) is 60.8 Å². The van der Waals surface area contributed by atoms with E-state index >= 15 is 0 Å². The second-order valence-electron chi connectivity index (χ2n) is 12.4. The molecule has 0 heterocycles. The lowest BCUT2D eigenvalue weighted by Crippen LogP contribution is -2.00. The predicted molar refractivity (Wildman–Crippen MR) is 180 cm³/mol. The summed E-state index contributed by atoms with van der Waals surface area (Å²) in [5, 5.41) is 5.81. The third kappa shape index (κ3) is 4.36. The number of hydrogen-bond acceptors (Lipinski definition) is 0. The Bertz CT molecular complexity index is 1840. The van der Waals surface area contributed by atoms with Crippen LogP contribution in [0, 0.1) is 0 Å². The summed E-state index contributed by atoms with van der Waals surface area (Å²) in [7, 11) is 0. The molecule has 9 rings (SSSR count). The molecule has 6 aromatic carbocycles. The molecule has 3 aliphatic rings. The first kappa shape index (κ1) is 25.5. The average molecular weight is 543 g/mol. The normalized spacial score (nSPS) is 15.1. The molecule has 206 valence electrons. The van der Waals surface area contributed by atoms with Gasteiger partial charge in [0.25, 0.3) is 0 Å². The SMILES string of the molecule is c1ccc(-c2ccc3c4c(cccc24)-c2c-3c3c4ccccc4c2CCCCCc2cccc(c2)CCCCC3)cc1. The Morgan fingerprint density at radius 3 is 1.55 bits per heavy atom. The van der Waals surface area contributed by atoms with Crippen LogP contribution < -0.4 is 0 Å². The summed E-state index contributed by atoms with van der Waals surface area (Å²) in [6, 6.07) is 41.6. The van der Waals surface area contributed by atoms with Crippen LogP contribution in [0.15, 0.2) is 109 Å². The Kier molecular flexibility index (Phi) is 6.64. The van der Waals surface area contributed by atoms with E-state index in [0.717, 1.165) is 12.8 Å². The Hall–Kier alpha value is -4.16. The van der Waals surface area contributed by atoms with Crippen molar-refractivity contribution >= 4 is 21.5 Å². The third-order valence-corrected chi connectivity index (χ3v) is 9.87. The molecule has 0 nitrogen and oxygen atoms in total. The molecule has 0 amide bonds. The summed E-state index contributed by atoms with van der Waals surface area (Å²) in [4.78, 5) is 0. The molecule has 3 aliphatic carbocycles. The zero-order valence-corrected chi connectivity index (χ0v) is 24.5. The van der Waals surface area contributed by atoms with Gasteiger partial charge in [-0.25, -0.2) is 0 Å². The highest BCUT2D eigenvalue weighted by molar-refractivity contribution is 6.22. The van der Waals surface area contributed by atoms with Gasteiger partial charge in [-0.2, -0.15) is 0 Å². The lowest BCUT2D eigenvalue weighted by Gasteiger charge is -2.20. The minimum Gasteiger partial charge on any atom is -0.0622 e. The summed E-state index contributed by atoms with van der Waals surface area (Å²) >= 11 is 0. The fourth-order valence-electron chi connectivity index (χ4n) is 7.94. The molecule has 42 heavy (non-hydrogen) atoms. The summed E-state index contributed by atoms with van der Waals surface area (Å²) in [5.74, 6) is 0. The lowest BCUT2D eigenvalue weighted by atomic mass is 9.84. The molecule has 4 bridgehead atoms. The summed E-state index contributed by atoms with van der Waals surface area (Å²) < 4.78 is 0. The first-order valence-electron chi connectivity index (χ1n) is 16.1. The van der Waals surface area contributed by atoms with Crippen LogP contribution in [-0.2, 0) is 25.7 Å². The summed E-state index contributed by atoms with van der Waals surface area (Å²) in [5.41, 5.74) is 14.8. The van der Waals surface area contributed by atoms with Gasteiger partial charge in [0.1, 0.15) is 0 Å². The molecule has 0 unspecified atom stereocenters. The molecule has 0 fully saturated rings. The number of benzene rings is 6. The van der Waals surface area contributed by atoms with Crippen molar-refractivity contribution in [3.8, 4) is 33.4 Å². The maximum Gasteiger partial charge on any atom is -0.00199 e. The predicted octanol–water partition coefficient (Wildman–Crippen LogP) is 11.5. The topological polar surface area (TPSA) is 0 Å². The molecule has 0 spiro atoms. The van der Waals surface area contributed by atoms with Gasteiger partial charge in [-0.05, 0) is 129 Å². The van der Waals surface area contributed by atoms with Gasteiger partial charge in [0.15, 0.2) is 0 Å². The highest BCUT2D eigenvalue weighted by Gasteiger charge is 2.29. The molecule has 0 aliphatic heterocycles. The van der Waals surface area contributed by atoms with Gasteiger partial charge in [0, 0.05) is 0 Å². The number of aryl methyl sites for hydroxylation is 4. The molecule has 6 aromatic rings. The monoisotopic (exact) mass is 542 g/mol. The maximum atomic E-state index is 2.47. The second kappa shape index (κ2) is 10.9.